The Morgan fingerprint density at radius 3 is 2.29 bits per heavy atom. The highest BCUT2D eigenvalue weighted by atomic mass is 35.5. The standard InChI is InChI=1S/C13H11ClO2S/c1-16-9-2-4-10(5-3-9)17-11-6-7-12(14)13(15)8-11/h2-8,15H,1H3. The molecule has 0 heterocycles. The highest BCUT2D eigenvalue weighted by Gasteiger charge is 2.02. The van der Waals surface area contributed by atoms with Crippen LogP contribution in [0.2, 0.25) is 5.02 Å². The molecule has 2 nitrogen and oxygen atoms in total. The molecule has 0 amide bonds. The van der Waals surface area contributed by atoms with E-state index in [0.29, 0.717) is 5.02 Å². The maximum absolute atomic E-state index is 9.50. The number of aromatic hydroxyl groups is 1. The highest BCUT2D eigenvalue weighted by molar-refractivity contribution is 7.99. The predicted octanol–water partition coefficient (Wildman–Crippen LogP) is 4.21. The number of halogens is 1. The van der Waals surface area contributed by atoms with E-state index in [-0.39, 0.29) is 5.75 Å². The van der Waals surface area contributed by atoms with Crippen molar-refractivity contribution < 1.29 is 9.84 Å². The number of rotatable bonds is 3. The molecular weight excluding hydrogens is 256 g/mol. The summed E-state index contributed by atoms with van der Waals surface area (Å²) in [5.41, 5.74) is 0. The van der Waals surface area contributed by atoms with Gasteiger partial charge in [0, 0.05) is 9.79 Å². The second-order valence-corrected chi connectivity index (χ2v) is 4.94. The van der Waals surface area contributed by atoms with E-state index in [1.807, 2.05) is 30.3 Å². The van der Waals surface area contributed by atoms with E-state index in [1.54, 1.807) is 31.0 Å². The van der Waals surface area contributed by atoms with Gasteiger partial charge in [-0.05, 0) is 42.5 Å². The van der Waals surface area contributed by atoms with Crippen molar-refractivity contribution in [2.45, 2.75) is 9.79 Å². The zero-order chi connectivity index (χ0) is 12.3. The number of ether oxygens (including phenoxy) is 1. The number of benzene rings is 2. The van der Waals surface area contributed by atoms with E-state index < -0.39 is 0 Å². The summed E-state index contributed by atoms with van der Waals surface area (Å²) in [6.07, 6.45) is 0. The highest BCUT2D eigenvalue weighted by Crippen LogP contribution is 2.33. The Morgan fingerprint density at radius 2 is 1.71 bits per heavy atom. The quantitative estimate of drug-likeness (QED) is 0.903. The first-order valence-electron chi connectivity index (χ1n) is 4.99. The molecule has 0 atom stereocenters. The molecule has 0 aliphatic rings. The lowest BCUT2D eigenvalue weighted by atomic mass is 10.3. The summed E-state index contributed by atoms with van der Waals surface area (Å²) in [5, 5.41) is 9.86. The van der Waals surface area contributed by atoms with E-state index in [9.17, 15) is 5.11 Å². The topological polar surface area (TPSA) is 29.5 Å². The lowest BCUT2D eigenvalue weighted by Crippen LogP contribution is -1.81. The second-order valence-electron chi connectivity index (χ2n) is 3.39. The molecule has 2 aromatic carbocycles. The molecule has 0 spiro atoms. The maximum Gasteiger partial charge on any atom is 0.135 e. The van der Waals surface area contributed by atoms with Crippen molar-refractivity contribution in [3.8, 4) is 11.5 Å². The van der Waals surface area contributed by atoms with Gasteiger partial charge in [0.1, 0.15) is 11.5 Å². The SMILES string of the molecule is COc1ccc(Sc2ccc(Cl)c(O)c2)cc1. The van der Waals surface area contributed by atoms with Crippen LogP contribution in [0.3, 0.4) is 0 Å². The third kappa shape index (κ3) is 3.08. The fourth-order valence-electron chi connectivity index (χ4n) is 1.34. The van der Waals surface area contributed by atoms with Crippen LogP contribution in [0, 0.1) is 0 Å². The van der Waals surface area contributed by atoms with Crippen LogP contribution in [-0.2, 0) is 0 Å². The molecule has 4 heteroatoms. The van der Waals surface area contributed by atoms with Crippen molar-refractivity contribution >= 4 is 23.4 Å². The van der Waals surface area contributed by atoms with Crippen LogP contribution in [0.25, 0.3) is 0 Å². The summed E-state index contributed by atoms with van der Waals surface area (Å²) in [6, 6.07) is 12.9. The van der Waals surface area contributed by atoms with Crippen LogP contribution >= 0.6 is 23.4 Å². The Kier molecular flexibility index (Phi) is 3.82. The van der Waals surface area contributed by atoms with Crippen molar-refractivity contribution in [3.63, 3.8) is 0 Å². The van der Waals surface area contributed by atoms with E-state index in [0.717, 1.165) is 15.5 Å². The van der Waals surface area contributed by atoms with Crippen molar-refractivity contribution in [1.29, 1.82) is 0 Å². The van der Waals surface area contributed by atoms with E-state index in [1.165, 1.54) is 0 Å². The molecule has 2 aromatic rings. The third-order valence-electron chi connectivity index (χ3n) is 2.21. The van der Waals surface area contributed by atoms with Gasteiger partial charge in [0.25, 0.3) is 0 Å². The van der Waals surface area contributed by atoms with Crippen molar-refractivity contribution in [3.05, 3.63) is 47.5 Å². The number of hydrogen-bond acceptors (Lipinski definition) is 3. The number of hydrogen-bond donors (Lipinski definition) is 1. The number of phenols is 1. The fourth-order valence-corrected chi connectivity index (χ4v) is 2.30. The normalized spacial score (nSPS) is 10.2. The second kappa shape index (κ2) is 5.34. The van der Waals surface area contributed by atoms with Crippen molar-refractivity contribution in [1.82, 2.24) is 0 Å². The first-order chi connectivity index (χ1) is 8.19. The fraction of sp³-hybridized carbons (Fsp3) is 0.0769. The van der Waals surface area contributed by atoms with Gasteiger partial charge in [-0.3, -0.25) is 0 Å². The summed E-state index contributed by atoms with van der Waals surface area (Å²) in [5.74, 6) is 0.929. The minimum Gasteiger partial charge on any atom is -0.506 e. The first kappa shape index (κ1) is 12.1. The Hall–Kier alpha value is -1.32. The van der Waals surface area contributed by atoms with Gasteiger partial charge >= 0.3 is 0 Å². The van der Waals surface area contributed by atoms with Crippen molar-refractivity contribution in [2.75, 3.05) is 7.11 Å². The molecule has 1 N–H and O–H groups in total. The van der Waals surface area contributed by atoms with E-state index >= 15 is 0 Å². The average molecular weight is 267 g/mol. The Bertz CT molecular complexity index is 511. The minimum atomic E-state index is 0.102. The Morgan fingerprint density at radius 1 is 1.06 bits per heavy atom. The molecule has 0 saturated heterocycles. The molecule has 0 aromatic heterocycles. The van der Waals surface area contributed by atoms with Gasteiger partial charge in [-0.2, -0.15) is 0 Å². The van der Waals surface area contributed by atoms with Gasteiger partial charge in [-0.25, -0.2) is 0 Å². The summed E-state index contributed by atoms with van der Waals surface area (Å²) >= 11 is 7.30. The smallest absolute Gasteiger partial charge is 0.135 e. The number of phenolic OH excluding ortho intramolecular Hbond substituents is 1. The molecule has 0 fully saturated rings. The lowest BCUT2D eigenvalue weighted by Gasteiger charge is -2.04. The molecule has 0 radical (unpaired) electrons. The molecule has 17 heavy (non-hydrogen) atoms. The zero-order valence-electron chi connectivity index (χ0n) is 9.18. The number of methoxy groups -OCH3 is 1. The largest absolute Gasteiger partial charge is 0.506 e. The van der Waals surface area contributed by atoms with Gasteiger partial charge in [-0.1, -0.05) is 23.4 Å². The minimum absolute atomic E-state index is 0.102. The van der Waals surface area contributed by atoms with Gasteiger partial charge in [0.05, 0.1) is 12.1 Å². The Balaban J connectivity index is 2.16. The molecule has 0 aliphatic carbocycles. The molecule has 0 aliphatic heterocycles. The van der Waals surface area contributed by atoms with E-state index in [4.69, 9.17) is 16.3 Å². The van der Waals surface area contributed by atoms with Crippen molar-refractivity contribution in [2.24, 2.45) is 0 Å². The molecule has 0 unspecified atom stereocenters. The van der Waals surface area contributed by atoms with Crippen LogP contribution in [0.15, 0.2) is 52.3 Å². The van der Waals surface area contributed by atoms with Gasteiger partial charge in [0.15, 0.2) is 0 Å². The first-order valence-corrected chi connectivity index (χ1v) is 6.19. The van der Waals surface area contributed by atoms with Crippen LogP contribution < -0.4 is 4.74 Å². The van der Waals surface area contributed by atoms with E-state index in [2.05, 4.69) is 0 Å². The maximum atomic E-state index is 9.50. The molecular formula is C13H11ClO2S. The van der Waals surface area contributed by atoms with Gasteiger partial charge in [0.2, 0.25) is 0 Å². The lowest BCUT2D eigenvalue weighted by molar-refractivity contribution is 0.414. The van der Waals surface area contributed by atoms with Crippen LogP contribution in [0.5, 0.6) is 11.5 Å². The average Bonchev–Trinajstić information content (AvgIpc) is 2.35. The summed E-state index contributed by atoms with van der Waals surface area (Å²) < 4.78 is 5.09. The molecule has 0 saturated carbocycles. The molecule has 88 valence electrons. The third-order valence-corrected chi connectivity index (χ3v) is 3.53. The molecule has 2 rings (SSSR count). The summed E-state index contributed by atoms with van der Waals surface area (Å²) in [7, 11) is 1.64. The van der Waals surface area contributed by atoms with Crippen LogP contribution in [-0.4, -0.2) is 12.2 Å². The summed E-state index contributed by atoms with van der Waals surface area (Å²) in [6.45, 7) is 0. The molecule has 0 bridgehead atoms. The van der Waals surface area contributed by atoms with Gasteiger partial charge in [-0.15, -0.1) is 0 Å². The predicted molar refractivity (Wildman–Crippen MR) is 70.2 cm³/mol. The van der Waals surface area contributed by atoms with Crippen LogP contribution in [0.1, 0.15) is 0 Å². The monoisotopic (exact) mass is 266 g/mol. The Labute approximate surface area is 109 Å². The summed E-state index contributed by atoms with van der Waals surface area (Å²) in [4.78, 5) is 2.02. The van der Waals surface area contributed by atoms with Gasteiger partial charge < -0.3 is 9.84 Å². The van der Waals surface area contributed by atoms with Crippen LogP contribution in [0.4, 0.5) is 0 Å². The zero-order valence-corrected chi connectivity index (χ0v) is 10.8.